The van der Waals surface area contributed by atoms with Crippen LogP contribution >= 0.6 is 0 Å². The number of aryl methyl sites for hydroxylation is 1. The van der Waals surface area contributed by atoms with Crippen LogP contribution in [0.4, 0.5) is 18.9 Å². The van der Waals surface area contributed by atoms with Gasteiger partial charge in [-0.05, 0) is 37.3 Å². The number of anilines is 1. The smallest absolute Gasteiger partial charge is 0.416 e. The second-order valence-corrected chi connectivity index (χ2v) is 4.46. The monoisotopic (exact) mass is 299 g/mol. The predicted molar refractivity (Wildman–Crippen MR) is 69.2 cm³/mol. The third-order valence-electron chi connectivity index (χ3n) is 2.84. The van der Waals surface area contributed by atoms with Gasteiger partial charge in [-0.15, -0.1) is 0 Å². The summed E-state index contributed by atoms with van der Waals surface area (Å²) < 4.78 is 42.3. The van der Waals surface area contributed by atoms with Crippen LogP contribution in [0.5, 0.6) is 0 Å². The van der Waals surface area contributed by atoms with Crippen molar-refractivity contribution in [1.29, 1.82) is 0 Å². The quantitative estimate of drug-likeness (QED) is 0.898. The van der Waals surface area contributed by atoms with Crippen LogP contribution in [-0.4, -0.2) is 11.1 Å². The number of hydrogen-bond acceptors (Lipinski definition) is 3. The van der Waals surface area contributed by atoms with Crippen LogP contribution < -0.4 is 5.32 Å². The number of alkyl halides is 3. The number of nitrogens with one attached hydrogen (secondary N) is 1. The highest BCUT2D eigenvalue weighted by Crippen LogP contribution is 2.29. The van der Waals surface area contributed by atoms with Crippen molar-refractivity contribution in [3.05, 3.63) is 53.0 Å². The molecule has 2 N–H and O–H groups in total. The molecule has 1 heterocycles. The molecule has 0 amide bonds. The summed E-state index contributed by atoms with van der Waals surface area (Å²) in [4.78, 5) is 10.8. The maximum atomic E-state index is 12.4. The van der Waals surface area contributed by atoms with E-state index in [2.05, 4.69) is 5.32 Å². The molecule has 2 aromatic rings. The molecule has 2 rings (SSSR count). The summed E-state index contributed by atoms with van der Waals surface area (Å²) in [6.45, 7) is 1.79. The largest absolute Gasteiger partial charge is 0.475 e. The Morgan fingerprint density at radius 1 is 1.29 bits per heavy atom. The Kier molecular flexibility index (Phi) is 3.93. The van der Waals surface area contributed by atoms with Crippen LogP contribution in [0.2, 0.25) is 0 Å². The summed E-state index contributed by atoms with van der Waals surface area (Å²) in [7, 11) is 0. The normalized spacial score (nSPS) is 11.4. The second-order valence-electron chi connectivity index (χ2n) is 4.46. The third-order valence-corrected chi connectivity index (χ3v) is 2.84. The van der Waals surface area contributed by atoms with Gasteiger partial charge in [0.05, 0.1) is 12.1 Å². The van der Waals surface area contributed by atoms with Crippen LogP contribution in [0.15, 0.2) is 34.7 Å². The van der Waals surface area contributed by atoms with Crippen LogP contribution in [0.25, 0.3) is 0 Å². The van der Waals surface area contributed by atoms with Crippen molar-refractivity contribution in [1.82, 2.24) is 0 Å². The Labute approximate surface area is 118 Å². The Balaban J connectivity index is 2.03. The summed E-state index contributed by atoms with van der Waals surface area (Å²) in [5.74, 6) is -0.905. The molecule has 0 aliphatic heterocycles. The molecular weight excluding hydrogens is 287 g/mol. The van der Waals surface area contributed by atoms with Crippen molar-refractivity contribution in [2.45, 2.75) is 19.6 Å². The maximum absolute atomic E-state index is 12.4. The number of hydrogen-bond donors (Lipinski definition) is 2. The lowest BCUT2D eigenvalue weighted by molar-refractivity contribution is -0.137. The second kappa shape index (κ2) is 5.51. The first kappa shape index (κ1) is 15.0. The van der Waals surface area contributed by atoms with Crippen LogP contribution in [0, 0.1) is 6.92 Å². The van der Waals surface area contributed by atoms with Gasteiger partial charge < -0.3 is 14.8 Å². The van der Waals surface area contributed by atoms with Crippen molar-refractivity contribution in [2.24, 2.45) is 0 Å². The van der Waals surface area contributed by atoms with E-state index in [-0.39, 0.29) is 12.3 Å². The lowest BCUT2D eigenvalue weighted by atomic mass is 10.2. The summed E-state index contributed by atoms with van der Waals surface area (Å²) in [6.07, 6.45) is -4.37. The van der Waals surface area contributed by atoms with Crippen molar-refractivity contribution in [3.8, 4) is 0 Å². The molecule has 0 aliphatic carbocycles. The van der Waals surface area contributed by atoms with Gasteiger partial charge in [0.1, 0.15) is 5.76 Å². The third kappa shape index (κ3) is 3.56. The highest BCUT2D eigenvalue weighted by molar-refractivity contribution is 5.86. The van der Waals surface area contributed by atoms with Gasteiger partial charge in [0.2, 0.25) is 5.76 Å². The fourth-order valence-electron chi connectivity index (χ4n) is 1.81. The number of aromatic carboxylic acids is 1. The highest BCUT2D eigenvalue weighted by atomic mass is 19.4. The predicted octanol–water partition coefficient (Wildman–Crippen LogP) is 3.92. The van der Waals surface area contributed by atoms with Gasteiger partial charge in [-0.3, -0.25) is 0 Å². The number of benzene rings is 1. The Morgan fingerprint density at radius 3 is 2.38 bits per heavy atom. The molecule has 4 nitrogen and oxygen atoms in total. The number of carboxylic acid groups (broad SMARTS) is 1. The molecule has 0 spiro atoms. The number of halogens is 3. The molecular formula is C14H12F3NO3. The van der Waals surface area contributed by atoms with E-state index in [9.17, 15) is 18.0 Å². The fourth-order valence-corrected chi connectivity index (χ4v) is 1.81. The molecule has 1 aromatic heterocycles. The van der Waals surface area contributed by atoms with Gasteiger partial charge in [-0.2, -0.15) is 13.2 Å². The first-order valence-electron chi connectivity index (χ1n) is 6.01. The number of carboxylic acids is 1. The molecule has 0 atom stereocenters. The first-order valence-corrected chi connectivity index (χ1v) is 6.01. The zero-order chi connectivity index (χ0) is 15.6. The molecule has 21 heavy (non-hydrogen) atoms. The van der Waals surface area contributed by atoms with E-state index in [4.69, 9.17) is 9.52 Å². The van der Waals surface area contributed by atoms with Crippen molar-refractivity contribution in [2.75, 3.05) is 5.32 Å². The summed E-state index contributed by atoms with van der Waals surface area (Å²) in [5, 5.41) is 11.7. The number of carbonyl (C=O) groups is 1. The molecule has 0 bridgehead atoms. The lowest BCUT2D eigenvalue weighted by Crippen LogP contribution is -2.05. The van der Waals surface area contributed by atoms with Crippen LogP contribution in [0.1, 0.15) is 27.4 Å². The van der Waals surface area contributed by atoms with Gasteiger partial charge >= 0.3 is 12.1 Å². The lowest BCUT2D eigenvalue weighted by Gasteiger charge is -2.08. The van der Waals surface area contributed by atoms with Gasteiger partial charge in [0, 0.05) is 11.3 Å². The zero-order valence-corrected chi connectivity index (χ0v) is 11.0. The molecule has 0 radical (unpaired) electrons. The summed E-state index contributed by atoms with van der Waals surface area (Å²) in [5.41, 5.74) is 0.246. The SMILES string of the molecule is Cc1cc(CNc2ccc(C(F)(F)F)cc2)oc1C(=O)O. The van der Waals surface area contributed by atoms with E-state index in [0.717, 1.165) is 12.1 Å². The van der Waals surface area contributed by atoms with E-state index >= 15 is 0 Å². The minimum atomic E-state index is -4.37. The van der Waals surface area contributed by atoms with Crippen LogP contribution in [0.3, 0.4) is 0 Å². The summed E-state index contributed by atoms with van der Waals surface area (Å²) >= 11 is 0. The van der Waals surface area contributed by atoms with Gasteiger partial charge in [0.15, 0.2) is 0 Å². The van der Waals surface area contributed by atoms with Crippen LogP contribution in [-0.2, 0) is 12.7 Å². The van der Waals surface area contributed by atoms with E-state index in [1.54, 1.807) is 13.0 Å². The summed E-state index contributed by atoms with van der Waals surface area (Å²) in [6, 6.07) is 6.12. The highest BCUT2D eigenvalue weighted by Gasteiger charge is 2.29. The molecule has 7 heteroatoms. The van der Waals surface area contributed by atoms with E-state index in [0.29, 0.717) is 17.0 Å². The average Bonchev–Trinajstić information content (AvgIpc) is 2.77. The van der Waals surface area contributed by atoms with Gasteiger partial charge in [-0.25, -0.2) is 4.79 Å². The molecule has 1 aromatic carbocycles. The molecule has 0 fully saturated rings. The molecule has 0 saturated heterocycles. The minimum absolute atomic E-state index is 0.140. The molecule has 112 valence electrons. The standard InChI is InChI=1S/C14H12F3NO3/c1-8-6-11(21-12(8)13(19)20)7-18-10-4-2-9(3-5-10)14(15,16)17/h2-6,18H,7H2,1H3,(H,19,20). The Morgan fingerprint density at radius 2 is 1.90 bits per heavy atom. The zero-order valence-electron chi connectivity index (χ0n) is 11.0. The Hall–Kier alpha value is -2.44. The van der Waals surface area contributed by atoms with E-state index in [1.807, 2.05) is 0 Å². The maximum Gasteiger partial charge on any atom is 0.416 e. The topological polar surface area (TPSA) is 62.5 Å². The van der Waals surface area contributed by atoms with E-state index < -0.39 is 17.7 Å². The van der Waals surface area contributed by atoms with Gasteiger partial charge in [-0.1, -0.05) is 0 Å². The van der Waals surface area contributed by atoms with Gasteiger partial charge in [0.25, 0.3) is 0 Å². The van der Waals surface area contributed by atoms with E-state index in [1.165, 1.54) is 12.1 Å². The number of rotatable bonds is 4. The number of furan rings is 1. The first-order chi connectivity index (χ1) is 9.77. The Bertz CT molecular complexity index is 644. The average molecular weight is 299 g/mol. The minimum Gasteiger partial charge on any atom is -0.475 e. The van der Waals surface area contributed by atoms with Crippen molar-refractivity contribution >= 4 is 11.7 Å². The molecule has 0 unspecified atom stereocenters. The molecule has 0 saturated carbocycles. The van der Waals surface area contributed by atoms with Crippen molar-refractivity contribution < 1.29 is 27.5 Å². The van der Waals surface area contributed by atoms with Crippen molar-refractivity contribution in [3.63, 3.8) is 0 Å². The fraction of sp³-hybridized carbons (Fsp3) is 0.214. The molecule has 0 aliphatic rings.